The van der Waals surface area contributed by atoms with Gasteiger partial charge in [-0.3, -0.25) is 0 Å². The number of amides is 1. The normalized spacial score (nSPS) is 15.5. The summed E-state index contributed by atoms with van der Waals surface area (Å²) in [7, 11) is 0. The van der Waals surface area contributed by atoms with Crippen LogP contribution in [0.3, 0.4) is 0 Å². The Morgan fingerprint density at radius 2 is 2.37 bits per heavy atom. The van der Waals surface area contributed by atoms with Crippen molar-refractivity contribution in [2.24, 2.45) is 5.92 Å². The van der Waals surface area contributed by atoms with Crippen LogP contribution in [0, 0.1) is 5.92 Å². The molecule has 6 nitrogen and oxygen atoms in total. The number of carbonyl (C=O) groups is 1. The Morgan fingerprint density at radius 1 is 1.58 bits per heavy atom. The van der Waals surface area contributed by atoms with E-state index in [0.29, 0.717) is 25.6 Å². The number of aromatic nitrogens is 2. The Hall–Kier alpha value is -1.60. The first kappa shape index (κ1) is 12.4. The van der Waals surface area contributed by atoms with Gasteiger partial charge in [-0.25, -0.2) is 9.78 Å². The minimum Gasteiger partial charge on any atom is -0.465 e. The molecule has 0 aliphatic carbocycles. The first-order valence-corrected chi connectivity index (χ1v) is 7.01. The third-order valence-electron chi connectivity index (χ3n) is 3.06. The van der Waals surface area contributed by atoms with Crippen LogP contribution < -0.4 is 5.32 Å². The first-order chi connectivity index (χ1) is 9.13. The quantitative estimate of drug-likeness (QED) is 0.851. The Labute approximate surface area is 118 Å². The van der Waals surface area contributed by atoms with Crippen molar-refractivity contribution in [3.05, 3.63) is 16.7 Å². The molecule has 0 bridgehead atoms. The number of likely N-dealkylation sites (tertiary alicyclic amines) is 1. The minimum absolute atomic E-state index is 0.217. The topological polar surface area (TPSA) is 78.4 Å². The van der Waals surface area contributed by atoms with E-state index in [1.807, 2.05) is 11.4 Å². The first-order valence-electron chi connectivity index (χ1n) is 5.76. The third-order valence-corrected chi connectivity index (χ3v) is 4.14. The molecule has 1 saturated heterocycles. The number of hydrogen-bond acceptors (Lipinski definition) is 5. The van der Waals surface area contributed by atoms with E-state index >= 15 is 0 Å². The summed E-state index contributed by atoms with van der Waals surface area (Å²) >= 11 is 7.42. The van der Waals surface area contributed by atoms with Gasteiger partial charge in [0.2, 0.25) is 5.28 Å². The summed E-state index contributed by atoms with van der Waals surface area (Å²) in [5.74, 6) is 1.04. The van der Waals surface area contributed by atoms with E-state index in [2.05, 4.69) is 15.3 Å². The molecule has 1 amide bonds. The van der Waals surface area contributed by atoms with Gasteiger partial charge in [0.05, 0.1) is 10.2 Å². The van der Waals surface area contributed by atoms with E-state index in [1.165, 1.54) is 4.90 Å². The summed E-state index contributed by atoms with van der Waals surface area (Å²) in [5.41, 5.74) is 0.827. The van der Waals surface area contributed by atoms with Crippen LogP contribution in [0.1, 0.15) is 0 Å². The molecule has 0 atom stereocenters. The van der Waals surface area contributed by atoms with Gasteiger partial charge in [-0.05, 0) is 23.0 Å². The standard InChI is InChI=1S/C11H11ClN4O2S/c12-10-14-7-1-2-19-8(7)9(15-10)13-3-6-4-16(5-6)11(17)18/h1-2,6H,3-5H2,(H,17,18)(H,13,14,15). The molecule has 1 aliphatic rings. The zero-order valence-electron chi connectivity index (χ0n) is 9.84. The Kier molecular flexibility index (Phi) is 3.16. The number of halogens is 1. The van der Waals surface area contributed by atoms with Crippen LogP contribution in [-0.4, -0.2) is 45.7 Å². The fraction of sp³-hybridized carbons (Fsp3) is 0.364. The van der Waals surface area contributed by atoms with Crippen molar-refractivity contribution in [1.82, 2.24) is 14.9 Å². The highest BCUT2D eigenvalue weighted by molar-refractivity contribution is 7.17. The zero-order valence-corrected chi connectivity index (χ0v) is 11.4. The highest BCUT2D eigenvalue weighted by atomic mass is 35.5. The molecule has 2 aromatic rings. The molecule has 0 saturated carbocycles. The van der Waals surface area contributed by atoms with Gasteiger partial charge in [0, 0.05) is 25.6 Å². The molecule has 0 unspecified atom stereocenters. The number of nitrogens with zero attached hydrogens (tertiary/aromatic N) is 3. The van der Waals surface area contributed by atoms with Gasteiger partial charge < -0.3 is 15.3 Å². The average molecular weight is 299 g/mol. The molecule has 0 radical (unpaired) electrons. The molecule has 2 aromatic heterocycles. The lowest BCUT2D eigenvalue weighted by molar-refractivity contribution is 0.0864. The summed E-state index contributed by atoms with van der Waals surface area (Å²) < 4.78 is 0.971. The fourth-order valence-corrected chi connectivity index (χ4v) is 3.02. The highest BCUT2D eigenvalue weighted by Crippen LogP contribution is 2.27. The molecular formula is C11H11ClN4O2S. The Balaban J connectivity index is 1.66. The fourth-order valence-electron chi connectivity index (χ4n) is 2.05. The number of thiophene rings is 1. The number of anilines is 1. The molecule has 0 spiro atoms. The zero-order chi connectivity index (χ0) is 13.4. The summed E-state index contributed by atoms with van der Waals surface area (Å²) in [6.45, 7) is 1.81. The molecule has 1 aliphatic heterocycles. The molecule has 3 heterocycles. The van der Waals surface area contributed by atoms with Crippen molar-refractivity contribution < 1.29 is 9.90 Å². The smallest absolute Gasteiger partial charge is 0.407 e. The summed E-state index contributed by atoms with van der Waals surface area (Å²) in [6, 6.07) is 1.90. The second kappa shape index (κ2) is 4.82. The Morgan fingerprint density at radius 3 is 3.11 bits per heavy atom. The van der Waals surface area contributed by atoms with E-state index in [0.717, 1.165) is 16.0 Å². The predicted octanol–water partition coefficient (Wildman–Crippen LogP) is 2.37. The van der Waals surface area contributed by atoms with Gasteiger partial charge in [0.1, 0.15) is 5.82 Å². The summed E-state index contributed by atoms with van der Waals surface area (Å²) in [4.78, 5) is 20.4. The lowest BCUT2D eigenvalue weighted by Crippen LogP contribution is -2.51. The van der Waals surface area contributed by atoms with E-state index in [4.69, 9.17) is 16.7 Å². The molecule has 1 fully saturated rings. The maximum Gasteiger partial charge on any atom is 0.407 e. The van der Waals surface area contributed by atoms with Crippen molar-refractivity contribution in [3.8, 4) is 0 Å². The van der Waals surface area contributed by atoms with E-state index in [-0.39, 0.29) is 5.28 Å². The molecule has 0 aromatic carbocycles. The molecule has 2 N–H and O–H groups in total. The minimum atomic E-state index is -0.859. The van der Waals surface area contributed by atoms with Crippen LogP contribution in [0.25, 0.3) is 10.2 Å². The van der Waals surface area contributed by atoms with Crippen molar-refractivity contribution in [2.45, 2.75) is 0 Å². The molecular weight excluding hydrogens is 288 g/mol. The maximum absolute atomic E-state index is 10.7. The summed E-state index contributed by atoms with van der Waals surface area (Å²) in [5, 5.41) is 14.1. The van der Waals surface area contributed by atoms with Crippen LogP contribution >= 0.6 is 22.9 Å². The van der Waals surface area contributed by atoms with Gasteiger partial charge in [-0.2, -0.15) is 4.98 Å². The monoisotopic (exact) mass is 298 g/mol. The number of hydrogen-bond donors (Lipinski definition) is 2. The second-order valence-electron chi connectivity index (χ2n) is 4.41. The number of rotatable bonds is 3. The van der Waals surface area contributed by atoms with E-state index in [1.54, 1.807) is 11.3 Å². The van der Waals surface area contributed by atoms with Crippen LogP contribution in [0.2, 0.25) is 5.28 Å². The van der Waals surface area contributed by atoms with E-state index in [9.17, 15) is 4.79 Å². The average Bonchev–Trinajstić information content (AvgIpc) is 2.73. The summed E-state index contributed by atoms with van der Waals surface area (Å²) in [6.07, 6.45) is -0.859. The predicted molar refractivity (Wildman–Crippen MR) is 74.0 cm³/mol. The number of carboxylic acid groups (broad SMARTS) is 1. The van der Waals surface area contributed by atoms with Crippen LogP contribution in [-0.2, 0) is 0 Å². The van der Waals surface area contributed by atoms with Gasteiger partial charge >= 0.3 is 6.09 Å². The number of fused-ring (bicyclic) bond motifs is 1. The van der Waals surface area contributed by atoms with Crippen LogP contribution in [0.4, 0.5) is 10.6 Å². The van der Waals surface area contributed by atoms with Crippen molar-refractivity contribution in [2.75, 3.05) is 25.0 Å². The Bertz CT molecular complexity index is 626. The van der Waals surface area contributed by atoms with Crippen LogP contribution in [0.15, 0.2) is 11.4 Å². The van der Waals surface area contributed by atoms with Crippen molar-refractivity contribution >= 4 is 45.1 Å². The molecule has 3 rings (SSSR count). The molecule has 19 heavy (non-hydrogen) atoms. The SMILES string of the molecule is O=C(O)N1CC(CNc2nc(Cl)nc3ccsc23)C1. The second-order valence-corrected chi connectivity index (χ2v) is 5.66. The third kappa shape index (κ3) is 2.43. The lowest BCUT2D eigenvalue weighted by atomic mass is 10.0. The van der Waals surface area contributed by atoms with Gasteiger partial charge in [0.15, 0.2) is 0 Å². The highest BCUT2D eigenvalue weighted by Gasteiger charge is 2.30. The lowest BCUT2D eigenvalue weighted by Gasteiger charge is -2.37. The molecule has 100 valence electrons. The van der Waals surface area contributed by atoms with Gasteiger partial charge in [-0.1, -0.05) is 0 Å². The largest absolute Gasteiger partial charge is 0.465 e. The van der Waals surface area contributed by atoms with Crippen molar-refractivity contribution in [3.63, 3.8) is 0 Å². The van der Waals surface area contributed by atoms with Gasteiger partial charge in [0.25, 0.3) is 0 Å². The van der Waals surface area contributed by atoms with Crippen LogP contribution in [0.5, 0.6) is 0 Å². The van der Waals surface area contributed by atoms with Gasteiger partial charge in [-0.15, -0.1) is 11.3 Å². The maximum atomic E-state index is 10.7. The van der Waals surface area contributed by atoms with Crippen molar-refractivity contribution in [1.29, 1.82) is 0 Å². The molecule has 8 heteroatoms. The number of nitrogens with one attached hydrogen (secondary N) is 1. The van der Waals surface area contributed by atoms with E-state index < -0.39 is 6.09 Å².